The largest absolute Gasteiger partial charge is 0.324 e. The first-order valence-corrected chi connectivity index (χ1v) is 7.19. The summed E-state index contributed by atoms with van der Waals surface area (Å²) >= 11 is 1.87. The minimum absolute atomic E-state index is 0.190. The molecule has 0 bridgehead atoms. The van der Waals surface area contributed by atoms with Crippen LogP contribution in [0.1, 0.15) is 45.2 Å². The van der Waals surface area contributed by atoms with Crippen molar-refractivity contribution in [2.75, 3.05) is 5.75 Å². The Bertz CT molecular complexity index is 290. The summed E-state index contributed by atoms with van der Waals surface area (Å²) < 4.78 is 0. The molecule has 0 spiro atoms. The van der Waals surface area contributed by atoms with Gasteiger partial charge in [-0.3, -0.25) is 0 Å². The highest BCUT2D eigenvalue weighted by Crippen LogP contribution is 2.26. The maximum atomic E-state index is 6.28. The molecule has 0 aromatic heterocycles. The Labute approximate surface area is 104 Å². The molecule has 1 atom stereocenters. The lowest BCUT2D eigenvalue weighted by Gasteiger charge is -2.21. The molecule has 0 radical (unpaired) electrons. The lowest BCUT2D eigenvalue weighted by atomic mass is 9.90. The van der Waals surface area contributed by atoms with Crippen molar-refractivity contribution in [3.8, 4) is 0 Å². The normalized spacial score (nSPS) is 13.1. The van der Waals surface area contributed by atoms with Crippen molar-refractivity contribution in [3.05, 3.63) is 29.8 Å². The minimum Gasteiger partial charge on any atom is -0.324 e. The molecule has 0 fully saturated rings. The van der Waals surface area contributed by atoms with Crippen LogP contribution in [0.5, 0.6) is 0 Å². The monoisotopic (exact) mass is 237 g/mol. The van der Waals surface area contributed by atoms with Gasteiger partial charge in [-0.15, -0.1) is 11.8 Å². The molecule has 1 nitrogen and oxygen atoms in total. The molecule has 0 aliphatic carbocycles. The molecule has 1 aromatic carbocycles. The van der Waals surface area contributed by atoms with Gasteiger partial charge in [0, 0.05) is 10.9 Å². The molecule has 2 N–H and O–H groups in total. The van der Waals surface area contributed by atoms with Crippen molar-refractivity contribution in [1.82, 2.24) is 0 Å². The first-order chi connectivity index (χ1) is 7.72. The highest BCUT2D eigenvalue weighted by atomic mass is 32.2. The van der Waals surface area contributed by atoms with Gasteiger partial charge >= 0.3 is 0 Å². The van der Waals surface area contributed by atoms with Crippen molar-refractivity contribution in [2.45, 2.75) is 44.6 Å². The molecule has 0 aliphatic rings. The summed E-state index contributed by atoms with van der Waals surface area (Å²) in [6.45, 7) is 6.61. The Morgan fingerprint density at radius 3 is 2.06 bits per heavy atom. The molecule has 0 aliphatic heterocycles. The summed E-state index contributed by atoms with van der Waals surface area (Å²) in [7, 11) is 0. The molecule has 1 rings (SSSR count). The molecular weight excluding hydrogens is 214 g/mol. The number of benzene rings is 1. The van der Waals surface area contributed by atoms with E-state index < -0.39 is 0 Å². The van der Waals surface area contributed by atoms with Gasteiger partial charge < -0.3 is 5.73 Å². The van der Waals surface area contributed by atoms with Gasteiger partial charge in [0.2, 0.25) is 0 Å². The van der Waals surface area contributed by atoms with Crippen LogP contribution >= 0.6 is 11.8 Å². The summed E-state index contributed by atoms with van der Waals surface area (Å²) in [6, 6.07) is 8.93. The third-order valence-electron chi connectivity index (χ3n) is 3.13. The molecule has 0 amide bonds. The molecular formula is C14H23NS. The van der Waals surface area contributed by atoms with Crippen LogP contribution in [-0.4, -0.2) is 5.75 Å². The Morgan fingerprint density at radius 1 is 1.06 bits per heavy atom. The van der Waals surface area contributed by atoms with E-state index in [1.54, 1.807) is 0 Å². The second-order valence-electron chi connectivity index (χ2n) is 4.10. The molecule has 0 saturated heterocycles. The van der Waals surface area contributed by atoms with Crippen LogP contribution in [-0.2, 0) is 0 Å². The van der Waals surface area contributed by atoms with Crippen LogP contribution in [0.15, 0.2) is 29.2 Å². The van der Waals surface area contributed by atoms with E-state index in [0.29, 0.717) is 5.92 Å². The van der Waals surface area contributed by atoms with Gasteiger partial charge in [-0.2, -0.15) is 0 Å². The molecule has 16 heavy (non-hydrogen) atoms. The molecule has 0 saturated carbocycles. The summed E-state index contributed by atoms with van der Waals surface area (Å²) in [4.78, 5) is 1.34. The smallest absolute Gasteiger partial charge is 0.0323 e. The molecule has 1 aromatic rings. The fraction of sp³-hybridized carbons (Fsp3) is 0.571. The Balaban J connectivity index is 2.72. The average Bonchev–Trinajstić information content (AvgIpc) is 2.32. The quantitative estimate of drug-likeness (QED) is 0.749. The third-order valence-corrected chi connectivity index (χ3v) is 4.03. The van der Waals surface area contributed by atoms with Crippen molar-refractivity contribution >= 4 is 11.8 Å². The number of hydrogen-bond acceptors (Lipinski definition) is 2. The van der Waals surface area contributed by atoms with E-state index in [0.717, 1.165) is 18.6 Å². The lowest BCUT2D eigenvalue weighted by Crippen LogP contribution is -2.20. The van der Waals surface area contributed by atoms with E-state index in [4.69, 9.17) is 5.73 Å². The fourth-order valence-corrected chi connectivity index (χ4v) is 2.68. The maximum absolute atomic E-state index is 6.28. The fourth-order valence-electron chi connectivity index (χ4n) is 2.02. The molecule has 90 valence electrons. The van der Waals surface area contributed by atoms with Gasteiger partial charge in [0.25, 0.3) is 0 Å². The highest BCUT2D eigenvalue weighted by molar-refractivity contribution is 7.99. The van der Waals surface area contributed by atoms with Crippen molar-refractivity contribution in [1.29, 1.82) is 0 Å². The molecule has 2 heteroatoms. The van der Waals surface area contributed by atoms with Crippen LogP contribution in [0.3, 0.4) is 0 Å². The van der Waals surface area contributed by atoms with E-state index in [2.05, 4.69) is 45.0 Å². The van der Waals surface area contributed by atoms with E-state index in [1.165, 1.54) is 10.5 Å². The zero-order valence-corrected chi connectivity index (χ0v) is 11.4. The second kappa shape index (κ2) is 6.97. The Morgan fingerprint density at radius 2 is 1.62 bits per heavy atom. The van der Waals surface area contributed by atoms with Crippen LogP contribution < -0.4 is 5.73 Å². The standard InChI is InChI=1S/C14H23NS/c1-4-11(5-2)14(15)12-7-9-13(10-8-12)16-6-3/h7-11,14H,4-6,15H2,1-3H3. The van der Waals surface area contributed by atoms with Gasteiger partial charge in [-0.1, -0.05) is 45.7 Å². The van der Waals surface area contributed by atoms with Gasteiger partial charge in [-0.05, 0) is 29.4 Å². The predicted octanol–water partition coefficient (Wildman–Crippen LogP) is 4.23. The van der Waals surface area contributed by atoms with E-state index in [9.17, 15) is 0 Å². The maximum Gasteiger partial charge on any atom is 0.0323 e. The highest BCUT2D eigenvalue weighted by Gasteiger charge is 2.15. The van der Waals surface area contributed by atoms with Crippen LogP contribution in [0.4, 0.5) is 0 Å². The summed E-state index contributed by atoms with van der Waals surface area (Å²) in [5.41, 5.74) is 7.55. The van der Waals surface area contributed by atoms with Crippen LogP contribution in [0.2, 0.25) is 0 Å². The first-order valence-electron chi connectivity index (χ1n) is 6.21. The summed E-state index contributed by atoms with van der Waals surface area (Å²) in [5, 5.41) is 0. The van der Waals surface area contributed by atoms with Crippen molar-refractivity contribution < 1.29 is 0 Å². The van der Waals surface area contributed by atoms with Crippen molar-refractivity contribution in [3.63, 3.8) is 0 Å². The second-order valence-corrected chi connectivity index (χ2v) is 5.44. The van der Waals surface area contributed by atoms with E-state index in [-0.39, 0.29) is 6.04 Å². The SMILES string of the molecule is CCSc1ccc(C(N)C(CC)CC)cc1. The average molecular weight is 237 g/mol. The summed E-state index contributed by atoms with van der Waals surface area (Å²) in [5.74, 6) is 1.72. The number of hydrogen-bond donors (Lipinski definition) is 1. The third kappa shape index (κ3) is 3.53. The Kier molecular flexibility index (Phi) is 5.93. The van der Waals surface area contributed by atoms with Crippen LogP contribution in [0, 0.1) is 5.92 Å². The topological polar surface area (TPSA) is 26.0 Å². The Hall–Kier alpha value is -0.470. The lowest BCUT2D eigenvalue weighted by molar-refractivity contribution is 0.405. The number of thioether (sulfide) groups is 1. The van der Waals surface area contributed by atoms with E-state index >= 15 is 0 Å². The van der Waals surface area contributed by atoms with Gasteiger partial charge in [0.05, 0.1) is 0 Å². The molecule has 0 heterocycles. The van der Waals surface area contributed by atoms with Crippen LogP contribution in [0.25, 0.3) is 0 Å². The minimum atomic E-state index is 0.190. The first kappa shape index (κ1) is 13.6. The van der Waals surface area contributed by atoms with E-state index in [1.807, 2.05) is 11.8 Å². The molecule has 1 unspecified atom stereocenters. The predicted molar refractivity (Wildman–Crippen MR) is 73.8 cm³/mol. The number of nitrogens with two attached hydrogens (primary N) is 1. The summed E-state index contributed by atoms with van der Waals surface area (Å²) in [6.07, 6.45) is 2.31. The van der Waals surface area contributed by atoms with Gasteiger partial charge in [0.15, 0.2) is 0 Å². The zero-order valence-electron chi connectivity index (χ0n) is 10.6. The van der Waals surface area contributed by atoms with Gasteiger partial charge in [0.1, 0.15) is 0 Å². The van der Waals surface area contributed by atoms with Crippen molar-refractivity contribution in [2.24, 2.45) is 11.7 Å². The van der Waals surface area contributed by atoms with Gasteiger partial charge in [-0.25, -0.2) is 0 Å². The zero-order chi connectivity index (χ0) is 12.0. The number of rotatable bonds is 6.